The van der Waals surface area contributed by atoms with Crippen LogP contribution in [0.25, 0.3) is 16.5 Å². The van der Waals surface area contributed by atoms with E-state index in [1.165, 1.54) is 17.7 Å². The van der Waals surface area contributed by atoms with Gasteiger partial charge in [-0.2, -0.15) is 14.0 Å². The quantitative estimate of drug-likeness (QED) is 0.294. The SMILES string of the molecule is CCOC(=O)C(CC(=O)O)NC(=O)C(F)(F)Sc1ncc(Br)n1-c1ccc(C#N)c2ccccc12. The molecule has 0 aliphatic heterocycles. The van der Waals surface area contributed by atoms with Crippen LogP contribution in [0.5, 0.6) is 0 Å². The van der Waals surface area contributed by atoms with E-state index in [-0.39, 0.29) is 23.5 Å². The predicted octanol–water partition coefficient (Wildman–Crippen LogP) is 3.87. The number of carbonyl (C=O) groups is 3. The van der Waals surface area contributed by atoms with Gasteiger partial charge >= 0.3 is 23.1 Å². The molecule has 35 heavy (non-hydrogen) atoms. The second-order valence-corrected chi connectivity index (χ2v) is 8.88. The Morgan fingerprint density at radius 2 is 1.97 bits per heavy atom. The number of imidazole rings is 1. The lowest BCUT2D eigenvalue weighted by molar-refractivity contribution is -0.153. The van der Waals surface area contributed by atoms with Gasteiger partial charge in [-0.1, -0.05) is 24.3 Å². The third kappa shape index (κ3) is 5.77. The van der Waals surface area contributed by atoms with E-state index >= 15 is 0 Å². The molecule has 0 fully saturated rings. The molecule has 0 radical (unpaired) electrons. The number of benzene rings is 2. The van der Waals surface area contributed by atoms with Gasteiger partial charge in [-0.3, -0.25) is 14.2 Å². The van der Waals surface area contributed by atoms with Gasteiger partial charge in [0, 0.05) is 10.8 Å². The van der Waals surface area contributed by atoms with Gasteiger partial charge in [0.05, 0.1) is 36.5 Å². The van der Waals surface area contributed by atoms with Crippen LogP contribution in [0.4, 0.5) is 8.78 Å². The number of carboxylic acid groups (broad SMARTS) is 1. The van der Waals surface area contributed by atoms with Crippen LogP contribution in [-0.4, -0.2) is 50.4 Å². The van der Waals surface area contributed by atoms with Gasteiger partial charge < -0.3 is 15.2 Å². The van der Waals surface area contributed by atoms with Gasteiger partial charge in [-0.05, 0) is 46.7 Å². The number of nitriles is 1. The van der Waals surface area contributed by atoms with Gasteiger partial charge in [0.1, 0.15) is 10.6 Å². The summed E-state index contributed by atoms with van der Waals surface area (Å²) < 4.78 is 36.2. The second kappa shape index (κ2) is 10.8. The minimum atomic E-state index is -4.13. The Balaban J connectivity index is 1.94. The van der Waals surface area contributed by atoms with Crippen LogP contribution >= 0.6 is 27.7 Å². The van der Waals surface area contributed by atoms with Crippen molar-refractivity contribution in [1.82, 2.24) is 14.9 Å². The van der Waals surface area contributed by atoms with Crippen molar-refractivity contribution in [2.75, 3.05) is 6.61 Å². The van der Waals surface area contributed by atoms with E-state index in [1.54, 1.807) is 41.7 Å². The number of amides is 1. The maximum Gasteiger partial charge on any atom is 0.377 e. The number of carboxylic acids is 1. The largest absolute Gasteiger partial charge is 0.481 e. The molecule has 1 aromatic heterocycles. The number of nitrogens with one attached hydrogen (secondary N) is 1. The Labute approximate surface area is 210 Å². The second-order valence-electron chi connectivity index (χ2n) is 6.98. The molecule has 1 heterocycles. The summed E-state index contributed by atoms with van der Waals surface area (Å²) in [5, 5.41) is 16.9. The highest BCUT2D eigenvalue weighted by Gasteiger charge is 2.44. The van der Waals surface area contributed by atoms with E-state index in [2.05, 4.69) is 31.7 Å². The average Bonchev–Trinajstić information content (AvgIpc) is 3.16. The first-order valence-electron chi connectivity index (χ1n) is 10.0. The third-order valence-electron chi connectivity index (χ3n) is 4.69. The molecular weight excluding hydrogens is 550 g/mol. The van der Waals surface area contributed by atoms with Gasteiger partial charge in [-0.25, -0.2) is 9.78 Å². The fourth-order valence-electron chi connectivity index (χ4n) is 3.20. The number of alkyl halides is 2. The Morgan fingerprint density at radius 1 is 1.29 bits per heavy atom. The first kappa shape index (κ1) is 26.1. The van der Waals surface area contributed by atoms with Gasteiger partial charge in [0.2, 0.25) is 0 Å². The Morgan fingerprint density at radius 3 is 2.60 bits per heavy atom. The molecule has 3 aromatic rings. The number of hydrogen-bond acceptors (Lipinski definition) is 7. The highest BCUT2D eigenvalue weighted by molar-refractivity contribution is 9.10. The number of hydrogen-bond donors (Lipinski definition) is 2. The number of fused-ring (bicyclic) bond motifs is 1. The van der Waals surface area contributed by atoms with Crippen LogP contribution in [0.1, 0.15) is 18.9 Å². The van der Waals surface area contributed by atoms with E-state index in [9.17, 15) is 28.4 Å². The number of nitrogens with zero attached hydrogens (tertiary/aromatic N) is 3. The zero-order valence-corrected chi connectivity index (χ0v) is 20.4. The Kier molecular flexibility index (Phi) is 8.08. The maximum atomic E-state index is 14.9. The minimum Gasteiger partial charge on any atom is -0.481 e. The molecule has 1 amide bonds. The monoisotopic (exact) mass is 566 g/mol. The molecule has 1 atom stereocenters. The highest BCUT2D eigenvalue weighted by Crippen LogP contribution is 2.39. The van der Waals surface area contributed by atoms with Gasteiger partial charge in [0.15, 0.2) is 5.16 Å². The number of carbonyl (C=O) groups excluding carboxylic acids is 2. The lowest BCUT2D eigenvalue weighted by Gasteiger charge is -2.20. The summed E-state index contributed by atoms with van der Waals surface area (Å²) in [6.07, 6.45) is 0.345. The number of halogens is 3. The summed E-state index contributed by atoms with van der Waals surface area (Å²) >= 11 is 3.09. The maximum absolute atomic E-state index is 14.9. The molecule has 2 N–H and O–H groups in total. The molecule has 0 saturated carbocycles. The van der Waals surface area contributed by atoms with Crippen molar-refractivity contribution >= 4 is 56.3 Å². The van der Waals surface area contributed by atoms with E-state index in [0.29, 0.717) is 26.6 Å². The zero-order chi connectivity index (χ0) is 25.8. The van der Waals surface area contributed by atoms with Crippen LogP contribution in [0.2, 0.25) is 0 Å². The highest BCUT2D eigenvalue weighted by atomic mass is 79.9. The van der Waals surface area contributed by atoms with Crippen LogP contribution in [0.15, 0.2) is 52.4 Å². The topological polar surface area (TPSA) is 134 Å². The number of rotatable bonds is 9. The van der Waals surface area contributed by atoms with Crippen molar-refractivity contribution in [3.05, 3.63) is 52.8 Å². The van der Waals surface area contributed by atoms with E-state index in [4.69, 9.17) is 5.11 Å². The fraction of sp³-hybridized carbons (Fsp3) is 0.227. The van der Waals surface area contributed by atoms with Crippen molar-refractivity contribution in [3.63, 3.8) is 0 Å². The molecule has 0 spiro atoms. The number of esters is 1. The van der Waals surface area contributed by atoms with Crippen LogP contribution < -0.4 is 5.32 Å². The molecule has 0 bridgehead atoms. The molecule has 13 heteroatoms. The van der Waals surface area contributed by atoms with E-state index in [0.717, 1.165) is 0 Å². The first-order valence-corrected chi connectivity index (χ1v) is 11.6. The normalized spacial score (nSPS) is 12.1. The summed E-state index contributed by atoms with van der Waals surface area (Å²) in [5.41, 5.74) is 0.820. The minimum absolute atomic E-state index is 0.125. The molecule has 0 saturated heterocycles. The summed E-state index contributed by atoms with van der Waals surface area (Å²) in [7, 11) is 0. The van der Waals surface area contributed by atoms with Gasteiger partial charge in [0.25, 0.3) is 0 Å². The number of aromatic nitrogens is 2. The van der Waals surface area contributed by atoms with Crippen LogP contribution in [0.3, 0.4) is 0 Å². The van der Waals surface area contributed by atoms with Crippen LogP contribution in [-0.2, 0) is 19.1 Å². The van der Waals surface area contributed by atoms with Crippen LogP contribution in [0, 0.1) is 11.3 Å². The van der Waals surface area contributed by atoms with Crippen molar-refractivity contribution < 1.29 is 33.0 Å². The lowest BCUT2D eigenvalue weighted by atomic mass is 10.0. The standard InChI is InChI=1S/C22H17BrF2N4O5S/c1-2-34-19(32)15(9-18(30)31)28-20(33)22(24,25)35-21-27-11-17(23)29(21)16-8-7-12(10-26)13-5-3-4-6-14(13)16/h3-8,11,15H,2,9H2,1H3,(H,28,33)(H,30,31). The number of aliphatic carboxylic acids is 1. The molecule has 9 nitrogen and oxygen atoms in total. The fourth-order valence-corrected chi connectivity index (χ4v) is 4.55. The molecule has 1 unspecified atom stereocenters. The molecule has 182 valence electrons. The molecule has 3 rings (SSSR count). The summed E-state index contributed by atoms with van der Waals surface area (Å²) in [6, 6.07) is 10.3. The predicted molar refractivity (Wildman–Crippen MR) is 125 cm³/mol. The third-order valence-corrected chi connectivity index (χ3v) is 6.16. The van der Waals surface area contributed by atoms with E-state index in [1.807, 2.05) is 0 Å². The molecule has 0 aliphatic rings. The lowest BCUT2D eigenvalue weighted by Crippen LogP contribution is -2.48. The smallest absolute Gasteiger partial charge is 0.377 e. The number of ether oxygens (including phenoxy) is 1. The van der Waals surface area contributed by atoms with Gasteiger partial charge in [-0.15, -0.1) is 0 Å². The Bertz CT molecular complexity index is 1340. The summed E-state index contributed by atoms with van der Waals surface area (Å²) in [5.74, 6) is -4.50. The number of thioether (sulfide) groups is 1. The Hall–Kier alpha value is -3.50. The zero-order valence-electron chi connectivity index (χ0n) is 18.0. The molecular formula is C22H17BrF2N4O5S. The first-order chi connectivity index (χ1) is 16.6. The van der Waals surface area contributed by atoms with Crippen molar-refractivity contribution in [3.8, 4) is 11.8 Å². The van der Waals surface area contributed by atoms with Crippen molar-refractivity contribution in [2.24, 2.45) is 0 Å². The summed E-state index contributed by atoms with van der Waals surface area (Å²) in [6.45, 7) is 1.33. The van der Waals surface area contributed by atoms with Crippen molar-refractivity contribution in [2.45, 2.75) is 29.8 Å². The van der Waals surface area contributed by atoms with Crippen molar-refractivity contribution in [1.29, 1.82) is 5.26 Å². The summed E-state index contributed by atoms with van der Waals surface area (Å²) in [4.78, 5) is 39.3. The molecule has 0 aliphatic carbocycles. The average molecular weight is 567 g/mol. The molecule has 2 aromatic carbocycles. The van der Waals surface area contributed by atoms with E-state index < -0.39 is 35.6 Å².